The van der Waals surface area contributed by atoms with Crippen LogP contribution in [0.1, 0.15) is 30.0 Å². The Morgan fingerprint density at radius 3 is 2.75 bits per heavy atom. The number of hydrogen-bond donors (Lipinski definition) is 3. The number of nitrogens with zero attached hydrogens (tertiary/aromatic N) is 6. The second-order valence-corrected chi connectivity index (χ2v) is 8.27. The molecule has 166 valence electrons. The van der Waals surface area contributed by atoms with Crippen LogP contribution in [0.4, 0.5) is 5.82 Å². The first-order chi connectivity index (χ1) is 15.5. The summed E-state index contributed by atoms with van der Waals surface area (Å²) >= 11 is 0. The van der Waals surface area contributed by atoms with Gasteiger partial charge >= 0.3 is 5.69 Å². The highest BCUT2D eigenvalue weighted by Crippen LogP contribution is 2.39. The summed E-state index contributed by atoms with van der Waals surface area (Å²) in [6.45, 7) is 1.64. The zero-order valence-corrected chi connectivity index (χ0v) is 18.0. The molecular weight excluding hydrogens is 410 g/mol. The molecule has 0 aliphatic heterocycles. The van der Waals surface area contributed by atoms with E-state index in [2.05, 4.69) is 29.9 Å². The van der Waals surface area contributed by atoms with Gasteiger partial charge in [-0.25, -0.2) is 24.7 Å². The number of nitrogens with one attached hydrogen (secondary N) is 2. The lowest BCUT2D eigenvalue weighted by Crippen LogP contribution is -2.20. The monoisotopic (exact) mass is 435 g/mol. The summed E-state index contributed by atoms with van der Waals surface area (Å²) in [5.41, 5.74) is 8.55. The minimum atomic E-state index is -0.317. The molecule has 0 atom stereocenters. The highest BCUT2D eigenvalue weighted by Gasteiger charge is 2.26. The standard InChI is InChI=1S/C21H25N9O2/c1-29(2)7-8-32-15-6-3-12(9-23-15)11-30-20-16(26-21(30)31)17(22)27-19(28-20)18-24-10-14(25-18)13-4-5-13/h3,6,9-10,13H,4-5,7-8,11H2,1-2H3,(H,24,25)(H,26,31)(H2,22,27,28). The summed E-state index contributed by atoms with van der Waals surface area (Å²) in [6.07, 6.45) is 5.83. The number of imidazole rings is 2. The Labute approximate surface area is 183 Å². The van der Waals surface area contributed by atoms with Crippen molar-refractivity contribution in [2.24, 2.45) is 0 Å². The van der Waals surface area contributed by atoms with E-state index < -0.39 is 0 Å². The minimum Gasteiger partial charge on any atom is -0.476 e. The molecule has 1 aliphatic rings. The molecule has 0 amide bonds. The molecule has 5 rings (SSSR count). The van der Waals surface area contributed by atoms with E-state index in [1.54, 1.807) is 12.3 Å². The van der Waals surface area contributed by atoms with Crippen molar-refractivity contribution in [3.05, 3.63) is 46.3 Å². The Kier molecular flexibility index (Phi) is 5.10. The number of aromatic amines is 2. The van der Waals surface area contributed by atoms with Gasteiger partial charge in [0, 0.05) is 36.6 Å². The fourth-order valence-corrected chi connectivity index (χ4v) is 3.46. The quantitative estimate of drug-likeness (QED) is 0.376. The lowest BCUT2D eigenvalue weighted by molar-refractivity contribution is 0.254. The molecule has 1 saturated carbocycles. The van der Waals surface area contributed by atoms with Gasteiger partial charge in [0.15, 0.2) is 23.1 Å². The molecule has 0 spiro atoms. The molecule has 0 bridgehead atoms. The normalized spacial score (nSPS) is 13.8. The molecule has 4 heterocycles. The van der Waals surface area contributed by atoms with Crippen molar-refractivity contribution in [1.29, 1.82) is 0 Å². The van der Waals surface area contributed by atoms with Gasteiger partial charge in [0.2, 0.25) is 5.88 Å². The Morgan fingerprint density at radius 2 is 2.03 bits per heavy atom. The van der Waals surface area contributed by atoms with E-state index in [0.29, 0.717) is 41.2 Å². The number of likely N-dealkylation sites (N-methyl/N-ethyl adjacent to an activating group) is 1. The number of nitrogen functional groups attached to an aromatic ring is 1. The van der Waals surface area contributed by atoms with E-state index >= 15 is 0 Å². The molecule has 1 aliphatic carbocycles. The average molecular weight is 435 g/mol. The molecule has 4 aromatic rings. The van der Waals surface area contributed by atoms with Crippen molar-refractivity contribution >= 4 is 17.0 Å². The second kappa shape index (κ2) is 8.08. The first kappa shape index (κ1) is 20.2. The lowest BCUT2D eigenvalue weighted by atomic mass is 10.3. The van der Waals surface area contributed by atoms with Crippen molar-refractivity contribution in [3.8, 4) is 17.5 Å². The molecule has 11 heteroatoms. The Hall–Kier alpha value is -3.73. The Balaban J connectivity index is 1.41. The van der Waals surface area contributed by atoms with Gasteiger partial charge in [-0.2, -0.15) is 0 Å². The van der Waals surface area contributed by atoms with Crippen LogP contribution in [-0.4, -0.2) is 66.6 Å². The van der Waals surface area contributed by atoms with Crippen LogP contribution in [0.2, 0.25) is 0 Å². The molecule has 4 N–H and O–H groups in total. The molecular formula is C21H25N9O2. The fraction of sp³-hybridized carbons (Fsp3) is 0.381. The highest BCUT2D eigenvalue weighted by molar-refractivity contribution is 5.83. The van der Waals surface area contributed by atoms with Crippen LogP contribution in [-0.2, 0) is 6.54 Å². The third-order valence-electron chi connectivity index (χ3n) is 5.40. The van der Waals surface area contributed by atoms with Crippen LogP contribution < -0.4 is 16.2 Å². The Morgan fingerprint density at radius 1 is 1.19 bits per heavy atom. The third kappa shape index (κ3) is 4.06. The van der Waals surface area contributed by atoms with Crippen molar-refractivity contribution < 1.29 is 4.74 Å². The number of aromatic nitrogens is 7. The number of ether oxygens (including phenoxy) is 1. The summed E-state index contributed by atoms with van der Waals surface area (Å²) in [4.78, 5) is 38.4. The first-order valence-corrected chi connectivity index (χ1v) is 10.5. The van der Waals surface area contributed by atoms with Gasteiger partial charge < -0.3 is 25.3 Å². The summed E-state index contributed by atoms with van der Waals surface area (Å²) in [7, 11) is 3.97. The molecule has 0 saturated heterocycles. The topological polar surface area (TPSA) is 144 Å². The van der Waals surface area contributed by atoms with E-state index in [1.165, 1.54) is 4.57 Å². The van der Waals surface area contributed by atoms with Crippen molar-refractivity contribution in [3.63, 3.8) is 0 Å². The zero-order chi connectivity index (χ0) is 22.2. The molecule has 0 radical (unpaired) electrons. The van der Waals surface area contributed by atoms with Crippen molar-refractivity contribution in [2.45, 2.75) is 25.3 Å². The predicted molar refractivity (Wildman–Crippen MR) is 120 cm³/mol. The van der Waals surface area contributed by atoms with Crippen LogP contribution in [0, 0.1) is 0 Å². The summed E-state index contributed by atoms with van der Waals surface area (Å²) in [5, 5.41) is 0. The van der Waals surface area contributed by atoms with Crippen LogP contribution in [0.5, 0.6) is 5.88 Å². The maximum absolute atomic E-state index is 12.6. The molecule has 32 heavy (non-hydrogen) atoms. The SMILES string of the molecule is CN(C)CCOc1ccc(Cn2c(=O)[nH]c3c(N)nc(-c4ncc(C5CC5)[nH]4)nc32)cn1. The van der Waals surface area contributed by atoms with Crippen LogP contribution >= 0.6 is 0 Å². The number of anilines is 1. The lowest BCUT2D eigenvalue weighted by Gasteiger charge is -2.10. The number of hydrogen-bond acceptors (Lipinski definition) is 8. The molecule has 1 fully saturated rings. The molecule has 0 aromatic carbocycles. The van der Waals surface area contributed by atoms with Gasteiger partial charge in [0.05, 0.1) is 6.54 Å². The van der Waals surface area contributed by atoms with Gasteiger partial charge in [-0.3, -0.25) is 4.57 Å². The maximum Gasteiger partial charge on any atom is 0.328 e. The number of pyridine rings is 1. The number of H-pyrrole nitrogens is 2. The van der Waals surface area contributed by atoms with Crippen molar-refractivity contribution in [1.82, 2.24) is 39.4 Å². The van der Waals surface area contributed by atoms with Crippen LogP contribution in [0.25, 0.3) is 22.8 Å². The largest absolute Gasteiger partial charge is 0.476 e. The van der Waals surface area contributed by atoms with E-state index in [1.807, 2.05) is 31.3 Å². The van der Waals surface area contributed by atoms with E-state index in [9.17, 15) is 4.79 Å². The maximum atomic E-state index is 12.6. The van der Waals surface area contributed by atoms with Crippen molar-refractivity contribution in [2.75, 3.05) is 33.0 Å². The van der Waals surface area contributed by atoms with Gasteiger partial charge in [-0.05, 0) is 32.5 Å². The smallest absolute Gasteiger partial charge is 0.328 e. The predicted octanol–water partition coefficient (Wildman–Crippen LogP) is 1.35. The molecule has 0 unspecified atom stereocenters. The fourth-order valence-electron chi connectivity index (χ4n) is 3.46. The summed E-state index contributed by atoms with van der Waals surface area (Å²) in [5.74, 6) is 2.18. The number of rotatable bonds is 8. The average Bonchev–Trinajstić information content (AvgIpc) is 3.41. The molecule has 11 nitrogen and oxygen atoms in total. The van der Waals surface area contributed by atoms with Gasteiger partial charge in [0.1, 0.15) is 12.1 Å². The van der Waals surface area contributed by atoms with Gasteiger partial charge in [-0.1, -0.05) is 6.07 Å². The Bertz CT molecular complexity index is 1300. The first-order valence-electron chi connectivity index (χ1n) is 10.5. The number of fused-ring (bicyclic) bond motifs is 1. The second-order valence-electron chi connectivity index (χ2n) is 8.27. The van der Waals surface area contributed by atoms with E-state index in [-0.39, 0.29) is 18.1 Å². The highest BCUT2D eigenvalue weighted by atomic mass is 16.5. The zero-order valence-electron chi connectivity index (χ0n) is 18.0. The summed E-state index contributed by atoms with van der Waals surface area (Å²) < 4.78 is 7.15. The minimum absolute atomic E-state index is 0.202. The van der Waals surface area contributed by atoms with Crippen LogP contribution in [0.3, 0.4) is 0 Å². The number of nitrogens with two attached hydrogens (primary N) is 1. The third-order valence-corrected chi connectivity index (χ3v) is 5.40. The summed E-state index contributed by atoms with van der Waals surface area (Å²) in [6, 6.07) is 3.67. The van der Waals surface area contributed by atoms with Crippen LogP contribution in [0.15, 0.2) is 29.3 Å². The molecule has 4 aromatic heterocycles. The van der Waals surface area contributed by atoms with E-state index in [0.717, 1.165) is 30.6 Å². The van der Waals surface area contributed by atoms with Gasteiger partial charge in [-0.15, -0.1) is 0 Å². The van der Waals surface area contributed by atoms with E-state index in [4.69, 9.17) is 10.5 Å². The van der Waals surface area contributed by atoms with Gasteiger partial charge in [0.25, 0.3) is 0 Å².